The SMILES string of the molecule is COc1cc(C(=O)N2C[C@H]3CC[C@@H]2[C@@H]3N)cc2nc(-c3cc4cccc(C5CCCN(C(C)=O)C5)c4n3CC3CC3)n(C)c12. The van der Waals surface area contributed by atoms with Crippen molar-refractivity contribution in [3.8, 4) is 17.3 Å². The number of fused-ring (bicyclic) bond motifs is 4. The Kier molecular flexibility index (Phi) is 6.52. The van der Waals surface area contributed by atoms with Crippen molar-refractivity contribution in [2.75, 3.05) is 26.7 Å². The van der Waals surface area contributed by atoms with Crippen LogP contribution in [-0.4, -0.2) is 74.6 Å². The summed E-state index contributed by atoms with van der Waals surface area (Å²) in [7, 11) is 3.70. The van der Waals surface area contributed by atoms with E-state index in [1.165, 1.54) is 29.3 Å². The molecule has 2 aliphatic carbocycles. The van der Waals surface area contributed by atoms with Crippen LogP contribution in [0.4, 0.5) is 0 Å². The number of piperidine rings is 2. The largest absolute Gasteiger partial charge is 0.494 e. The second-order valence-electron chi connectivity index (χ2n) is 13.7. The molecule has 0 radical (unpaired) electrons. The van der Waals surface area contributed by atoms with Gasteiger partial charge in [0.05, 0.1) is 23.8 Å². The summed E-state index contributed by atoms with van der Waals surface area (Å²) in [5, 5.41) is 1.20. The lowest BCUT2D eigenvalue weighted by molar-refractivity contribution is -0.130. The van der Waals surface area contributed by atoms with E-state index >= 15 is 0 Å². The second-order valence-corrected chi connectivity index (χ2v) is 13.7. The van der Waals surface area contributed by atoms with E-state index in [0.29, 0.717) is 29.1 Å². The van der Waals surface area contributed by atoms with Crippen LogP contribution in [0, 0.1) is 11.8 Å². The minimum atomic E-state index is 0.0135. The van der Waals surface area contributed by atoms with E-state index in [-0.39, 0.29) is 23.9 Å². The molecule has 0 spiro atoms. The van der Waals surface area contributed by atoms with Crippen molar-refractivity contribution < 1.29 is 14.3 Å². The number of para-hydroxylation sites is 1. The molecule has 4 aliphatic rings. The first-order valence-corrected chi connectivity index (χ1v) is 16.3. The highest BCUT2D eigenvalue weighted by molar-refractivity contribution is 6.00. The normalized spacial score (nSPS) is 25.0. The lowest BCUT2D eigenvalue weighted by Gasteiger charge is -2.33. The molecule has 4 fully saturated rings. The van der Waals surface area contributed by atoms with E-state index in [1.54, 1.807) is 14.0 Å². The van der Waals surface area contributed by atoms with Gasteiger partial charge in [0.25, 0.3) is 5.91 Å². The van der Waals surface area contributed by atoms with Crippen LogP contribution in [0.5, 0.6) is 5.75 Å². The Bertz CT molecular complexity index is 1800. The Morgan fingerprint density at radius 1 is 1.05 bits per heavy atom. The van der Waals surface area contributed by atoms with Gasteiger partial charge >= 0.3 is 0 Å². The number of methoxy groups -OCH3 is 1. The van der Waals surface area contributed by atoms with Crippen molar-refractivity contribution in [2.45, 2.75) is 70.0 Å². The van der Waals surface area contributed by atoms with Crippen LogP contribution in [0.3, 0.4) is 0 Å². The maximum Gasteiger partial charge on any atom is 0.254 e. The number of hydrogen-bond acceptors (Lipinski definition) is 5. The Labute approximate surface area is 257 Å². The van der Waals surface area contributed by atoms with Crippen molar-refractivity contribution in [1.82, 2.24) is 23.9 Å². The fourth-order valence-corrected chi connectivity index (χ4v) is 8.40. The zero-order valence-corrected chi connectivity index (χ0v) is 26.0. The molecule has 9 nitrogen and oxygen atoms in total. The maximum atomic E-state index is 13.8. The van der Waals surface area contributed by atoms with E-state index in [4.69, 9.17) is 15.5 Å². The molecule has 2 aromatic heterocycles. The molecule has 2 aromatic carbocycles. The van der Waals surface area contributed by atoms with Crippen molar-refractivity contribution in [2.24, 2.45) is 24.6 Å². The minimum absolute atomic E-state index is 0.0135. The summed E-state index contributed by atoms with van der Waals surface area (Å²) < 4.78 is 10.5. The van der Waals surface area contributed by atoms with E-state index in [1.807, 2.05) is 29.0 Å². The highest BCUT2D eigenvalue weighted by Gasteiger charge is 2.47. The predicted molar refractivity (Wildman–Crippen MR) is 171 cm³/mol. The molecule has 2 saturated heterocycles. The first-order valence-electron chi connectivity index (χ1n) is 16.3. The number of benzene rings is 2. The van der Waals surface area contributed by atoms with Crippen molar-refractivity contribution >= 4 is 33.8 Å². The number of nitrogens with two attached hydrogens (primary N) is 1. The number of hydrogen-bond donors (Lipinski definition) is 1. The van der Waals surface area contributed by atoms with Crippen LogP contribution in [-0.2, 0) is 18.4 Å². The van der Waals surface area contributed by atoms with Gasteiger partial charge in [-0.3, -0.25) is 9.59 Å². The molecule has 2 amide bonds. The van der Waals surface area contributed by atoms with E-state index in [2.05, 4.69) is 33.4 Å². The quantitative estimate of drug-likeness (QED) is 0.342. The van der Waals surface area contributed by atoms with Crippen molar-refractivity contribution in [3.05, 3.63) is 47.5 Å². The fraction of sp³-hybridized carbons (Fsp3) is 0.514. The molecular formula is C35H42N6O3. The number of aryl methyl sites for hydroxylation is 1. The molecule has 4 heterocycles. The van der Waals surface area contributed by atoms with Crippen LogP contribution >= 0.6 is 0 Å². The van der Waals surface area contributed by atoms with Gasteiger partial charge in [0.2, 0.25) is 5.91 Å². The van der Waals surface area contributed by atoms with Gasteiger partial charge in [-0.25, -0.2) is 4.98 Å². The van der Waals surface area contributed by atoms with Gasteiger partial charge in [-0.05, 0) is 74.1 Å². The summed E-state index contributed by atoms with van der Waals surface area (Å²) in [6.07, 6.45) is 6.67. The predicted octanol–water partition coefficient (Wildman–Crippen LogP) is 4.90. The second kappa shape index (κ2) is 10.4. The molecular weight excluding hydrogens is 552 g/mol. The van der Waals surface area contributed by atoms with Crippen LogP contribution in [0.15, 0.2) is 36.4 Å². The fourth-order valence-electron chi connectivity index (χ4n) is 8.40. The summed E-state index contributed by atoms with van der Waals surface area (Å²) in [4.78, 5) is 35.2. The molecule has 230 valence electrons. The summed E-state index contributed by atoms with van der Waals surface area (Å²) >= 11 is 0. The summed E-state index contributed by atoms with van der Waals surface area (Å²) in [6.45, 7) is 4.96. The zero-order chi connectivity index (χ0) is 30.3. The number of imidazole rings is 1. The van der Waals surface area contributed by atoms with Gasteiger partial charge in [-0.2, -0.15) is 0 Å². The molecule has 44 heavy (non-hydrogen) atoms. The number of amides is 2. The molecule has 4 atom stereocenters. The highest BCUT2D eigenvalue weighted by atomic mass is 16.5. The van der Waals surface area contributed by atoms with Crippen molar-refractivity contribution in [3.63, 3.8) is 0 Å². The molecule has 2 aliphatic heterocycles. The van der Waals surface area contributed by atoms with Gasteiger partial charge in [-0.15, -0.1) is 0 Å². The number of nitrogens with zero attached hydrogens (tertiary/aromatic N) is 5. The summed E-state index contributed by atoms with van der Waals surface area (Å²) in [5.74, 6) is 3.04. The summed E-state index contributed by atoms with van der Waals surface area (Å²) in [6, 6.07) is 12.9. The van der Waals surface area contributed by atoms with Crippen LogP contribution in [0.25, 0.3) is 33.5 Å². The number of aromatic nitrogens is 3. The Hall–Kier alpha value is -3.85. The third-order valence-corrected chi connectivity index (χ3v) is 10.9. The summed E-state index contributed by atoms with van der Waals surface area (Å²) in [5.41, 5.74) is 12.3. The first-order chi connectivity index (χ1) is 21.3. The number of ether oxygens (including phenoxy) is 1. The number of rotatable bonds is 6. The first kappa shape index (κ1) is 27.7. The average molecular weight is 595 g/mol. The molecule has 2 bridgehead atoms. The monoisotopic (exact) mass is 594 g/mol. The molecule has 1 unspecified atom stereocenters. The average Bonchev–Trinajstić information content (AvgIpc) is 3.42. The standard InChI is InChI=1S/C35H42N6O3/c1-20(42)39-13-5-7-23(18-39)26-8-4-6-22-15-29(40(32(22)26)17-21-9-10-21)34-37-27-14-25(16-30(44-3)33(27)38(34)2)35(43)41-19-24-11-12-28(41)31(24)36/h4,6,8,14-16,21,23-24,28,31H,5,7,9-13,17-19,36H2,1-3H3/t23?,24-,28-,31-/m1/s1. The third kappa shape index (κ3) is 4.34. The van der Waals surface area contributed by atoms with Gasteiger partial charge in [0.15, 0.2) is 5.82 Å². The van der Waals surface area contributed by atoms with Crippen LogP contribution in [0.2, 0.25) is 0 Å². The van der Waals surface area contributed by atoms with Gasteiger partial charge < -0.3 is 29.4 Å². The molecule has 2 saturated carbocycles. The van der Waals surface area contributed by atoms with Gasteiger partial charge in [0, 0.05) is 69.1 Å². The highest BCUT2D eigenvalue weighted by Crippen LogP contribution is 2.42. The Morgan fingerprint density at radius 2 is 1.89 bits per heavy atom. The van der Waals surface area contributed by atoms with E-state index < -0.39 is 0 Å². The Balaban J connectivity index is 1.24. The topological polar surface area (TPSA) is 98.6 Å². The maximum absolute atomic E-state index is 13.8. The smallest absolute Gasteiger partial charge is 0.254 e. The third-order valence-electron chi connectivity index (χ3n) is 10.9. The Morgan fingerprint density at radius 3 is 2.59 bits per heavy atom. The minimum Gasteiger partial charge on any atom is -0.494 e. The molecule has 9 heteroatoms. The van der Waals surface area contributed by atoms with Gasteiger partial charge in [-0.1, -0.05) is 18.2 Å². The molecule has 8 rings (SSSR count). The van der Waals surface area contributed by atoms with Gasteiger partial charge in [0.1, 0.15) is 11.3 Å². The molecule has 4 aromatic rings. The number of likely N-dealkylation sites (tertiary alicyclic amines) is 2. The lowest BCUT2D eigenvalue weighted by Crippen LogP contribution is -2.41. The molecule has 2 N–H and O–H groups in total. The van der Waals surface area contributed by atoms with E-state index in [9.17, 15) is 9.59 Å². The van der Waals surface area contributed by atoms with Crippen LogP contribution in [0.1, 0.15) is 67.3 Å². The lowest BCUT2D eigenvalue weighted by atomic mass is 9.89. The van der Waals surface area contributed by atoms with Crippen LogP contribution < -0.4 is 10.5 Å². The van der Waals surface area contributed by atoms with E-state index in [0.717, 1.165) is 74.4 Å². The van der Waals surface area contributed by atoms with Crippen molar-refractivity contribution in [1.29, 1.82) is 0 Å². The zero-order valence-electron chi connectivity index (χ0n) is 26.0. The number of carbonyl (C=O) groups is 2. The number of carbonyl (C=O) groups excluding carboxylic acids is 2.